The molecule has 0 bridgehead atoms. The van der Waals surface area contributed by atoms with Crippen LogP contribution in [0, 0.1) is 0 Å². The van der Waals surface area contributed by atoms with Gasteiger partial charge in [0.1, 0.15) is 23.3 Å². The SMILES string of the molecule is CCc1ccc2nn(-c3ccc4c(OCCO)nccc4c3O)nc2c1. The summed E-state index contributed by atoms with van der Waals surface area (Å²) in [5, 5.41) is 29.9. The number of pyridine rings is 1. The van der Waals surface area contributed by atoms with Crippen LogP contribution in [-0.2, 0) is 6.42 Å². The van der Waals surface area contributed by atoms with Gasteiger partial charge in [-0.1, -0.05) is 13.0 Å². The van der Waals surface area contributed by atoms with Crippen molar-refractivity contribution in [3.8, 4) is 17.3 Å². The van der Waals surface area contributed by atoms with Crippen molar-refractivity contribution >= 4 is 21.8 Å². The molecule has 0 radical (unpaired) electrons. The van der Waals surface area contributed by atoms with Gasteiger partial charge in [-0.3, -0.25) is 0 Å². The van der Waals surface area contributed by atoms with Crippen LogP contribution in [0.3, 0.4) is 0 Å². The number of benzene rings is 2. The van der Waals surface area contributed by atoms with Gasteiger partial charge in [0.15, 0.2) is 5.75 Å². The zero-order chi connectivity index (χ0) is 18.1. The van der Waals surface area contributed by atoms with Crippen molar-refractivity contribution in [2.24, 2.45) is 0 Å². The number of fused-ring (bicyclic) bond motifs is 2. The highest BCUT2D eigenvalue weighted by Crippen LogP contribution is 2.34. The summed E-state index contributed by atoms with van der Waals surface area (Å²) in [6, 6.07) is 11.2. The molecule has 0 aliphatic heterocycles. The Morgan fingerprint density at radius 3 is 2.69 bits per heavy atom. The van der Waals surface area contributed by atoms with Crippen molar-refractivity contribution in [2.75, 3.05) is 13.2 Å². The van der Waals surface area contributed by atoms with Gasteiger partial charge < -0.3 is 14.9 Å². The fourth-order valence-corrected chi connectivity index (χ4v) is 2.91. The average Bonchev–Trinajstić information content (AvgIpc) is 3.09. The van der Waals surface area contributed by atoms with Crippen LogP contribution < -0.4 is 4.74 Å². The molecule has 0 fully saturated rings. The van der Waals surface area contributed by atoms with Crippen molar-refractivity contribution in [1.29, 1.82) is 0 Å². The number of rotatable bonds is 5. The molecule has 7 heteroatoms. The summed E-state index contributed by atoms with van der Waals surface area (Å²) in [6.07, 6.45) is 2.48. The number of aromatic nitrogens is 4. The van der Waals surface area contributed by atoms with E-state index in [1.54, 1.807) is 24.4 Å². The molecular formula is C19H18N4O3. The summed E-state index contributed by atoms with van der Waals surface area (Å²) in [5.74, 6) is 0.416. The van der Waals surface area contributed by atoms with Crippen molar-refractivity contribution in [3.05, 3.63) is 48.2 Å². The Labute approximate surface area is 149 Å². The normalized spacial score (nSPS) is 11.3. The highest BCUT2D eigenvalue weighted by molar-refractivity contribution is 5.94. The molecule has 0 saturated carbocycles. The van der Waals surface area contributed by atoms with Gasteiger partial charge in [-0.25, -0.2) is 4.98 Å². The maximum Gasteiger partial charge on any atom is 0.221 e. The zero-order valence-electron chi connectivity index (χ0n) is 14.3. The molecule has 0 unspecified atom stereocenters. The van der Waals surface area contributed by atoms with E-state index >= 15 is 0 Å². The highest BCUT2D eigenvalue weighted by atomic mass is 16.5. The minimum atomic E-state index is -0.105. The number of aliphatic hydroxyl groups excluding tert-OH is 1. The fraction of sp³-hybridized carbons (Fsp3) is 0.211. The summed E-state index contributed by atoms with van der Waals surface area (Å²) in [6.45, 7) is 2.12. The molecule has 7 nitrogen and oxygen atoms in total. The van der Waals surface area contributed by atoms with E-state index in [2.05, 4.69) is 22.1 Å². The molecule has 4 aromatic rings. The number of hydrogen-bond donors (Lipinski definition) is 2. The number of aryl methyl sites for hydroxylation is 1. The second kappa shape index (κ2) is 6.61. The summed E-state index contributed by atoms with van der Waals surface area (Å²) in [4.78, 5) is 5.60. The third-order valence-electron chi connectivity index (χ3n) is 4.26. The van der Waals surface area contributed by atoms with Crippen molar-refractivity contribution in [2.45, 2.75) is 13.3 Å². The maximum absolute atomic E-state index is 10.7. The number of nitrogens with zero attached hydrogens (tertiary/aromatic N) is 4. The van der Waals surface area contributed by atoms with Gasteiger partial charge in [0.05, 0.1) is 6.61 Å². The largest absolute Gasteiger partial charge is 0.505 e. The summed E-state index contributed by atoms with van der Waals surface area (Å²) in [5.41, 5.74) is 3.21. The molecule has 0 atom stereocenters. The molecule has 0 aliphatic rings. The minimum absolute atomic E-state index is 0.0507. The van der Waals surface area contributed by atoms with Crippen LogP contribution in [0.4, 0.5) is 0 Å². The Kier molecular flexibility index (Phi) is 4.14. The number of aromatic hydroxyl groups is 1. The first-order valence-corrected chi connectivity index (χ1v) is 8.42. The first-order chi connectivity index (χ1) is 12.7. The van der Waals surface area contributed by atoms with Gasteiger partial charge in [-0.05, 0) is 42.3 Å². The van der Waals surface area contributed by atoms with Crippen LogP contribution >= 0.6 is 0 Å². The van der Waals surface area contributed by atoms with Crippen LogP contribution in [0.25, 0.3) is 27.5 Å². The predicted molar refractivity (Wildman–Crippen MR) is 97.8 cm³/mol. The van der Waals surface area contributed by atoms with E-state index in [0.29, 0.717) is 22.3 Å². The van der Waals surface area contributed by atoms with Crippen LogP contribution in [0.15, 0.2) is 42.6 Å². The lowest BCUT2D eigenvalue weighted by Crippen LogP contribution is -2.04. The molecule has 26 heavy (non-hydrogen) atoms. The van der Waals surface area contributed by atoms with Crippen LogP contribution in [0.2, 0.25) is 0 Å². The van der Waals surface area contributed by atoms with Crippen LogP contribution in [-0.4, -0.2) is 43.4 Å². The van der Waals surface area contributed by atoms with Crippen molar-refractivity contribution in [3.63, 3.8) is 0 Å². The molecule has 0 spiro atoms. The molecule has 2 heterocycles. The second-order valence-corrected chi connectivity index (χ2v) is 5.88. The molecule has 0 aliphatic carbocycles. The van der Waals surface area contributed by atoms with E-state index in [9.17, 15) is 5.11 Å². The molecule has 4 rings (SSSR count). The fourth-order valence-electron chi connectivity index (χ4n) is 2.91. The van der Waals surface area contributed by atoms with E-state index in [-0.39, 0.29) is 19.0 Å². The molecule has 132 valence electrons. The number of phenolic OH excluding ortho intramolecular Hbond substituents is 1. The summed E-state index contributed by atoms with van der Waals surface area (Å²) < 4.78 is 5.43. The molecular weight excluding hydrogens is 332 g/mol. The summed E-state index contributed by atoms with van der Waals surface area (Å²) in [7, 11) is 0. The molecule has 2 N–H and O–H groups in total. The lowest BCUT2D eigenvalue weighted by Gasteiger charge is -2.10. The first kappa shape index (κ1) is 16.3. The van der Waals surface area contributed by atoms with Crippen molar-refractivity contribution < 1.29 is 14.9 Å². The first-order valence-electron chi connectivity index (χ1n) is 8.42. The van der Waals surface area contributed by atoms with Gasteiger partial charge in [0, 0.05) is 17.0 Å². The van der Waals surface area contributed by atoms with Crippen LogP contribution in [0.1, 0.15) is 12.5 Å². The standard InChI is InChI=1S/C19H18N4O3/c1-2-12-3-5-15-16(11-12)22-23(21-15)17-6-4-14-13(18(17)25)7-8-20-19(14)26-10-9-24/h3-8,11,24-25H,2,9-10H2,1H3. The Hall–Kier alpha value is -3.19. The molecule has 0 saturated heterocycles. The van der Waals surface area contributed by atoms with Gasteiger partial charge in [0.2, 0.25) is 5.88 Å². The molecule has 0 amide bonds. The summed E-state index contributed by atoms with van der Waals surface area (Å²) >= 11 is 0. The zero-order valence-corrected chi connectivity index (χ0v) is 14.3. The number of ether oxygens (including phenoxy) is 1. The number of hydrogen-bond acceptors (Lipinski definition) is 6. The quantitative estimate of drug-likeness (QED) is 0.575. The van der Waals surface area contributed by atoms with Gasteiger partial charge in [-0.15, -0.1) is 15.0 Å². The van der Waals surface area contributed by atoms with Gasteiger partial charge >= 0.3 is 0 Å². The third kappa shape index (κ3) is 2.72. The molecule has 2 aromatic heterocycles. The topological polar surface area (TPSA) is 93.3 Å². The minimum Gasteiger partial charge on any atom is -0.505 e. The lowest BCUT2D eigenvalue weighted by molar-refractivity contribution is 0.198. The highest BCUT2D eigenvalue weighted by Gasteiger charge is 2.14. The van der Waals surface area contributed by atoms with E-state index in [1.165, 1.54) is 10.4 Å². The molecule has 2 aromatic carbocycles. The Bertz CT molecular complexity index is 1090. The Morgan fingerprint density at radius 1 is 1.04 bits per heavy atom. The average molecular weight is 350 g/mol. The third-order valence-corrected chi connectivity index (χ3v) is 4.26. The lowest BCUT2D eigenvalue weighted by atomic mass is 10.1. The van der Waals surface area contributed by atoms with E-state index < -0.39 is 0 Å². The predicted octanol–water partition coefficient (Wildman–Crippen LogP) is 2.61. The number of phenols is 1. The maximum atomic E-state index is 10.7. The Morgan fingerprint density at radius 2 is 1.88 bits per heavy atom. The van der Waals surface area contributed by atoms with E-state index in [4.69, 9.17) is 9.84 Å². The Balaban J connectivity index is 1.83. The second-order valence-electron chi connectivity index (χ2n) is 5.88. The van der Waals surface area contributed by atoms with Gasteiger partial charge in [-0.2, -0.15) is 0 Å². The van der Waals surface area contributed by atoms with Gasteiger partial charge in [0.25, 0.3) is 0 Å². The monoisotopic (exact) mass is 350 g/mol. The van der Waals surface area contributed by atoms with Crippen LogP contribution in [0.5, 0.6) is 11.6 Å². The van der Waals surface area contributed by atoms with Crippen molar-refractivity contribution in [1.82, 2.24) is 20.0 Å². The van der Waals surface area contributed by atoms with E-state index in [0.717, 1.165) is 17.5 Å². The smallest absolute Gasteiger partial charge is 0.221 e. The van der Waals surface area contributed by atoms with E-state index in [1.807, 2.05) is 18.2 Å². The number of aliphatic hydroxyl groups is 1.